The summed E-state index contributed by atoms with van der Waals surface area (Å²) in [6, 6.07) is 8.48. The zero-order chi connectivity index (χ0) is 17.0. The number of carboxylic acids is 1. The van der Waals surface area contributed by atoms with Crippen LogP contribution in [-0.4, -0.2) is 35.0 Å². The molecule has 1 aromatic rings. The first-order chi connectivity index (χ1) is 10.9. The fourth-order valence-corrected chi connectivity index (χ4v) is 3.35. The molecule has 3 unspecified atom stereocenters. The number of carbonyl (C=O) groups is 2. The standard InChI is InChI=1S/C19H27NO3/c1-13-7-9-15(10-8-13)11-14(2)20(3)18(21)16-5-4-6-17(12-16)19(22)23/h7-10,14,16-17H,4-6,11-12H2,1-3H3,(H,22,23). The third kappa shape index (κ3) is 4.57. The van der Waals surface area contributed by atoms with Gasteiger partial charge >= 0.3 is 5.97 Å². The predicted molar refractivity (Wildman–Crippen MR) is 90.2 cm³/mol. The van der Waals surface area contributed by atoms with Gasteiger partial charge in [-0.3, -0.25) is 9.59 Å². The normalized spacial score (nSPS) is 22.4. The maximum atomic E-state index is 12.7. The molecule has 1 N–H and O–H groups in total. The van der Waals surface area contributed by atoms with E-state index in [0.29, 0.717) is 12.8 Å². The highest BCUT2D eigenvalue weighted by Crippen LogP contribution is 2.30. The van der Waals surface area contributed by atoms with Gasteiger partial charge in [0.05, 0.1) is 5.92 Å². The number of aliphatic carboxylic acids is 1. The molecule has 1 fully saturated rings. The summed E-state index contributed by atoms with van der Waals surface area (Å²) < 4.78 is 0. The molecular weight excluding hydrogens is 290 g/mol. The lowest BCUT2D eigenvalue weighted by Gasteiger charge is -2.32. The molecule has 0 spiro atoms. The molecule has 1 amide bonds. The van der Waals surface area contributed by atoms with E-state index in [9.17, 15) is 14.7 Å². The van der Waals surface area contributed by atoms with E-state index in [4.69, 9.17) is 0 Å². The van der Waals surface area contributed by atoms with Gasteiger partial charge in [0.2, 0.25) is 5.91 Å². The highest BCUT2D eigenvalue weighted by atomic mass is 16.4. The van der Waals surface area contributed by atoms with Gasteiger partial charge in [0.15, 0.2) is 0 Å². The van der Waals surface area contributed by atoms with Crippen LogP contribution in [0, 0.1) is 18.8 Å². The second-order valence-electron chi connectivity index (χ2n) is 6.89. The van der Waals surface area contributed by atoms with E-state index in [1.54, 1.807) is 4.90 Å². The lowest BCUT2D eigenvalue weighted by Crippen LogP contribution is -2.42. The van der Waals surface area contributed by atoms with Crippen LogP contribution in [0.25, 0.3) is 0 Å². The number of aryl methyl sites for hydroxylation is 1. The SMILES string of the molecule is Cc1ccc(CC(C)N(C)C(=O)C2CCCC(C(=O)O)C2)cc1. The van der Waals surface area contributed by atoms with E-state index in [0.717, 1.165) is 19.3 Å². The van der Waals surface area contributed by atoms with Gasteiger partial charge in [-0.2, -0.15) is 0 Å². The summed E-state index contributed by atoms with van der Waals surface area (Å²) in [5.41, 5.74) is 2.45. The summed E-state index contributed by atoms with van der Waals surface area (Å²) in [5.74, 6) is -1.18. The van der Waals surface area contributed by atoms with Crippen molar-refractivity contribution < 1.29 is 14.7 Å². The van der Waals surface area contributed by atoms with E-state index in [-0.39, 0.29) is 23.8 Å². The van der Waals surface area contributed by atoms with Crippen molar-refractivity contribution in [3.8, 4) is 0 Å². The Labute approximate surface area is 138 Å². The Hall–Kier alpha value is -1.84. The number of benzene rings is 1. The number of carboxylic acid groups (broad SMARTS) is 1. The molecule has 4 nitrogen and oxygen atoms in total. The molecule has 1 aromatic carbocycles. The van der Waals surface area contributed by atoms with E-state index in [2.05, 4.69) is 38.1 Å². The Balaban J connectivity index is 1.95. The second-order valence-corrected chi connectivity index (χ2v) is 6.89. The Morgan fingerprint density at radius 1 is 1.22 bits per heavy atom. The van der Waals surface area contributed by atoms with Crippen molar-refractivity contribution in [3.05, 3.63) is 35.4 Å². The van der Waals surface area contributed by atoms with Crippen molar-refractivity contribution in [1.82, 2.24) is 4.90 Å². The summed E-state index contributed by atoms with van der Waals surface area (Å²) in [5, 5.41) is 9.18. The van der Waals surface area contributed by atoms with E-state index in [1.165, 1.54) is 11.1 Å². The maximum absolute atomic E-state index is 12.7. The molecule has 0 aliphatic heterocycles. The molecular formula is C19H27NO3. The lowest BCUT2D eigenvalue weighted by atomic mass is 9.80. The van der Waals surface area contributed by atoms with Crippen LogP contribution in [0.2, 0.25) is 0 Å². The third-order valence-electron chi connectivity index (χ3n) is 5.03. The van der Waals surface area contributed by atoms with Crippen molar-refractivity contribution in [2.24, 2.45) is 11.8 Å². The minimum absolute atomic E-state index is 0.0931. The number of rotatable bonds is 5. The van der Waals surface area contributed by atoms with Crippen LogP contribution < -0.4 is 0 Å². The van der Waals surface area contributed by atoms with Crippen molar-refractivity contribution in [1.29, 1.82) is 0 Å². The molecule has 126 valence electrons. The summed E-state index contributed by atoms with van der Waals surface area (Å²) >= 11 is 0. The summed E-state index contributed by atoms with van der Waals surface area (Å²) in [7, 11) is 1.84. The zero-order valence-electron chi connectivity index (χ0n) is 14.3. The van der Waals surface area contributed by atoms with Gasteiger partial charge in [0.25, 0.3) is 0 Å². The van der Waals surface area contributed by atoms with Crippen molar-refractivity contribution in [3.63, 3.8) is 0 Å². The first-order valence-corrected chi connectivity index (χ1v) is 8.43. The Morgan fingerprint density at radius 3 is 2.43 bits per heavy atom. The second kappa shape index (κ2) is 7.62. The van der Waals surface area contributed by atoms with E-state index in [1.807, 2.05) is 7.05 Å². The zero-order valence-corrected chi connectivity index (χ0v) is 14.3. The lowest BCUT2D eigenvalue weighted by molar-refractivity contribution is -0.145. The molecule has 1 saturated carbocycles. The van der Waals surface area contributed by atoms with Crippen LogP contribution in [-0.2, 0) is 16.0 Å². The molecule has 0 bridgehead atoms. The molecule has 4 heteroatoms. The van der Waals surface area contributed by atoms with Crippen molar-refractivity contribution in [2.45, 2.75) is 52.0 Å². The summed E-state index contributed by atoms with van der Waals surface area (Å²) in [6.07, 6.45) is 3.63. The smallest absolute Gasteiger partial charge is 0.306 e. The van der Waals surface area contributed by atoms with Gasteiger partial charge in [-0.1, -0.05) is 36.2 Å². The van der Waals surface area contributed by atoms with Gasteiger partial charge < -0.3 is 10.0 Å². The van der Waals surface area contributed by atoms with Crippen LogP contribution in [0.5, 0.6) is 0 Å². The van der Waals surface area contributed by atoms with Gasteiger partial charge in [0, 0.05) is 19.0 Å². The maximum Gasteiger partial charge on any atom is 0.306 e. The number of hydrogen-bond donors (Lipinski definition) is 1. The number of amides is 1. The van der Waals surface area contributed by atoms with Crippen molar-refractivity contribution >= 4 is 11.9 Å². The number of nitrogens with zero attached hydrogens (tertiary/aromatic N) is 1. The fraction of sp³-hybridized carbons (Fsp3) is 0.579. The Morgan fingerprint density at radius 2 is 1.83 bits per heavy atom. The molecule has 23 heavy (non-hydrogen) atoms. The molecule has 1 aliphatic rings. The highest BCUT2D eigenvalue weighted by Gasteiger charge is 2.33. The molecule has 0 radical (unpaired) electrons. The number of hydrogen-bond acceptors (Lipinski definition) is 2. The third-order valence-corrected chi connectivity index (χ3v) is 5.03. The highest BCUT2D eigenvalue weighted by molar-refractivity contribution is 5.80. The minimum atomic E-state index is -0.766. The van der Waals surface area contributed by atoms with Gasteiger partial charge in [-0.15, -0.1) is 0 Å². The molecule has 3 atom stereocenters. The Kier molecular flexibility index (Phi) is 5.80. The number of carbonyl (C=O) groups excluding carboxylic acids is 1. The molecule has 1 aliphatic carbocycles. The Bertz CT molecular complexity index is 552. The van der Waals surface area contributed by atoms with Gasteiger partial charge in [0.1, 0.15) is 0 Å². The summed E-state index contributed by atoms with van der Waals surface area (Å²) in [4.78, 5) is 25.7. The van der Waals surface area contributed by atoms with Crippen molar-refractivity contribution in [2.75, 3.05) is 7.05 Å². The van der Waals surface area contributed by atoms with Crippen LogP contribution in [0.1, 0.15) is 43.7 Å². The monoisotopic (exact) mass is 317 g/mol. The largest absolute Gasteiger partial charge is 0.481 e. The van der Waals surface area contributed by atoms with Crippen LogP contribution in [0.4, 0.5) is 0 Å². The average molecular weight is 317 g/mol. The summed E-state index contributed by atoms with van der Waals surface area (Å²) in [6.45, 7) is 4.11. The van der Waals surface area contributed by atoms with Gasteiger partial charge in [-0.05, 0) is 45.1 Å². The predicted octanol–water partition coefficient (Wildman–Crippen LogP) is 3.28. The average Bonchev–Trinajstić information content (AvgIpc) is 2.55. The first kappa shape index (κ1) is 17.5. The molecule has 0 heterocycles. The minimum Gasteiger partial charge on any atom is -0.481 e. The topological polar surface area (TPSA) is 57.6 Å². The first-order valence-electron chi connectivity index (χ1n) is 8.43. The van der Waals surface area contributed by atoms with E-state index < -0.39 is 5.97 Å². The van der Waals surface area contributed by atoms with Crippen LogP contribution in [0.3, 0.4) is 0 Å². The van der Waals surface area contributed by atoms with Crippen LogP contribution in [0.15, 0.2) is 24.3 Å². The molecule has 0 saturated heterocycles. The van der Waals surface area contributed by atoms with Gasteiger partial charge in [-0.25, -0.2) is 0 Å². The van der Waals surface area contributed by atoms with E-state index >= 15 is 0 Å². The molecule has 2 rings (SSSR count). The molecule has 0 aromatic heterocycles. The number of likely N-dealkylation sites (N-methyl/N-ethyl adjacent to an activating group) is 1. The fourth-order valence-electron chi connectivity index (χ4n) is 3.35. The quantitative estimate of drug-likeness (QED) is 0.906. The van der Waals surface area contributed by atoms with Crippen LogP contribution >= 0.6 is 0 Å².